The van der Waals surface area contributed by atoms with Crippen molar-refractivity contribution in [2.24, 2.45) is 0 Å². The van der Waals surface area contributed by atoms with Crippen LogP contribution in [-0.4, -0.2) is 22.8 Å². The summed E-state index contributed by atoms with van der Waals surface area (Å²) in [5.74, 6) is 0.0283. The molecule has 2 rings (SSSR count). The SMILES string of the molecule is CC.CN1Cc2cccnc2C1=O. The minimum absolute atomic E-state index is 0.0283. The molecule has 0 N–H and O–H groups in total. The summed E-state index contributed by atoms with van der Waals surface area (Å²) in [7, 11) is 1.78. The third kappa shape index (κ3) is 1.69. The average molecular weight is 178 g/mol. The Morgan fingerprint density at radius 3 is 2.77 bits per heavy atom. The molecule has 0 radical (unpaired) electrons. The molecule has 1 aliphatic heterocycles. The van der Waals surface area contributed by atoms with E-state index in [0.717, 1.165) is 5.56 Å². The normalized spacial score (nSPS) is 13.5. The van der Waals surface area contributed by atoms with Crippen LogP contribution in [0.5, 0.6) is 0 Å². The van der Waals surface area contributed by atoms with Crippen LogP contribution in [-0.2, 0) is 6.54 Å². The zero-order chi connectivity index (χ0) is 9.84. The quantitative estimate of drug-likeness (QED) is 0.605. The average Bonchev–Trinajstić information content (AvgIpc) is 2.47. The first-order valence-electron chi connectivity index (χ1n) is 4.48. The first-order chi connectivity index (χ1) is 6.29. The van der Waals surface area contributed by atoms with E-state index in [1.165, 1.54) is 0 Å². The molecule has 70 valence electrons. The number of pyridine rings is 1. The van der Waals surface area contributed by atoms with E-state index in [-0.39, 0.29) is 5.91 Å². The van der Waals surface area contributed by atoms with Crippen molar-refractivity contribution in [1.82, 2.24) is 9.88 Å². The highest BCUT2D eigenvalue weighted by Gasteiger charge is 2.24. The van der Waals surface area contributed by atoms with E-state index in [1.807, 2.05) is 26.0 Å². The Balaban J connectivity index is 0.000000396. The van der Waals surface area contributed by atoms with Gasteiger partial charge in [-0.3, -0.25) is 9.78 Å². The molecule has 0 aliphatic carbocycles. The Morgan fingerprint density at radius 2 is 2.15 bits per heavy atom. The molecule has 0 spiro atoms. The van der Waals surface area contributed by atoms with E-state index in [0.29, 0.717) is 12.2 Å². The van der Waals surface area contributed by atoms with Crippen molar-refractivity contribution in [1.29, 1.82) is 0 Å². The summed E-state index contributed by atoms with van der Waals surface area (Å²) in [6.45, 7) is 4.70. The van der Waals surface area contributed by atoms with Crippen molar-refractivity contribution in [3.8, 4) is 0 Å². The van der Waals surface area contributed by atoms with Gasteiger partial charge in [0.15, 0.2) is 0 Å². The molecule has 1 amide bonds. The highest BCUT2D eigenvalue weighted by molar-refractivity contribution is 5.96. The summed E-state index contributed by atoms with van der Waals surface area (Å²) in [4.78, 5) is 16.9. The highest BCUT2D eigenvalue weighted by atomic mass is 16.2. The van der Waals surface area contributed by atoms with E-state index in [2.05, 4.69) is 4.98 Å². The summed E-state index contributed by atoms with van der Waals surface area (Å²) in [5, 5.41) is 0. The van der Waals surface area contributed by atoms with E-state index in [9.17, 15) is 4.79 Å². The maximum absolute atomic E-state index is 11.3. The number of aromatic nitrogens is 1. The van der Waals surface area contributed by atoms with Crippen molar-refractivity contribution in [2.75, 3.05) is 7.05 Å². The van der Waals surface area contributed by atoms with Crippen LogP contribution in [0, 0.1) is 0 Å². The maximum atomic E-state index is 11.3. The van der Waals surface area contributed by atoms with E-state index < -0.39 is 0 Å². The van der Waals surface area contributed by atoms with Crippen LogP contribution in [0.1, 0.15) is 29.9 Å². The monoisotopic (exact) mass is 178 g/mol. The number of hydrogen-bond acceptors (Lipinski definition) is 2. The van der Waals surface area contributed by atoms with Crippen LogP contribution < -0.4 is 0 Å². The Kier molecular flexibility index (Phi) is 3.01. The minimum atomic E-state index is 0.0283. The van der Waals surface area contributed by atoms with Gasteiger partial charge in [0.25, 0.3) is 5.91 Å². The van der Waals surface area contributed by atoms with E-state index in [4.69, 9.17) is 0 Å². The zero-order valence-corrected chi connectivity index (χ0v) is 8.24. The summed E-state index contributed by atoms with van der Waals surface area (Å²) >= 11 is 0. The number of rotatable bonds is 0. The van der Waals surface area contributed by atoms with Gasteiger partial charge in [-0.25, -0.2) is 0 Å². The summed E-state index contributed by atoms with van der Waals surface area (Å²) in [6, 6.07) is 3.79. The lowest BCUT2D eigenvalue weighted by atomic mass is 10.2. The number of amides is 1. The molecule has 0 aromatic carbocycles. The second-order valence-electron chi connectivity index (χ2n) is 2.67. The second kappa shape index (κ2) is 4.03. The molecule has 2 heterocycles. The zero-order valence-electron chi connectivity index (χ0n) is 8.24. The van der Waals surface area contributed by atoms with Gasteiger partial charge in [-0.1, -0.05) is 19.9 Å². The van der Waals surface area contributed by atoms with Crippen LogP contribution in [0.4, 0.5) is 0 Å². The van der Waals surface area contributed by atoms with Gasteiger partial charge in [-0.15, -0.1) is 0 Å². The molecule has 0 saturated carbocycles. The van der Waals surface area contributed by atoms with Crippen LogP contribution in [0.3, 0.4) is 0 Å². The van der Waals surface area contributed by atoms with Crippen molar-refractivity contribution in [3.63, 3.8) is 0 Å². The molecule has 1 aliphatic rings. The second-order valence-corrected chi connectivity index (χ2v) is 2.67. The third-order valence-corrected chi connectivity index (χ3v) is 1.85. The Hall–Kier alpha value is -1.38. The van der Waals surface area contributed by atoms with Gasteiger partial charge in [0.1, 0.15) is 5.69 Å². The standard InChI is InChI=1S/C8H8N2O.C2H6/c1-10-5-6-3-2-4-9-7(6)8(10)11;1-2/h2-4H,5H2,1H3;1-2H3. The van der Waals surface area contributed by atoms with Crippen LogP contribution >= 0.6 is 0 Å². The van der Waals surface area contributed by atoms with Gasteiger partial charge >= 0.3 is 0 Å². The molecule has 1 aromatic heterocycles. The lowest BCUT2D eigenvalue weighted by molar-refractivity contribution is 0.0812. The largest absolute Gasteiger partial charge is 0.336 e. The smallest absolute Gasteiger partial charge is 0.272 e. The summed E-state index contributed by atoms with van der Waals surface area (Å²) in [6.07, 6.45) is 1.65. The lowest BCUT2D eigenvalue weighted by Crippen LogP contribution is -2.17. The lowest BCUT2D eigenvalue weighted by Gasteiger charge is -2.03. The Labute approximate surface area is 78.4 Å². The predicted molar refractivity (Wildman–Crippen MR) is 51.4 cm³/mol. The molecule has 3 nitrogen and oxygen atoms in total. The molecule has 3 heteroatoms. The van der Waals surface area contributed by atoms with E-state index in [1.54, 1.807) is 18.1 Å². The third-order valence-electron chi connectivity index (χ3n) is 1.85. The molecule has 1 aromatic rings. The number of carbonyl (C=O) groups excluding carboxylic acids is 1. The molecular formula is C10H14N2O. The first kappa shape index (κ1) is 9.71. The van der Waals surface area contributed by atoms with Crippen molar-refractivity contribution < 1.29 is 4.79 Å². The topological polar surface area (TPSA) is 33.2 Å². The molecule has 13 heavy (non-hydrogen) atoms. The van der Waals surface area contributed by atoms with Gasteiger partial charge in [0.2, 0.25) is 0 Å². The Bertz CT molecular complexity index is 310. The van der Waals surface area contributed by atoms with Crippen molar-refractivity contribution >= 4 is 5.91 Å². The van der Waals surface area contributed by atoms with Gasteiger partial charge in [0, 0.05) is 25.4 Å². The number of carbonyl (C=O) groups is 1. The first-order valence-corrected chi connectivity index (χ1v) is 4.48. The molecule has 0 unspecified atom stereocenters. The van der Waals surface area contributed by atoms with Gasteiger partial charge in [0.05, 0.1) is 0 Å². The molecule has 0 bridgehead atoms. The van der Waals surface area contributed by atoms with Crippen LogP contribution in [0.2, 0.25) is 0 Å². The fourth-order valence-corrected chi connectivity index (χ4v) is 1.27. The molecular weight excluding hydrogens is 164 g/mol. The maximum Gasteiger partial charge on any atom is 0.272 e. The fraction of sp³-hybridized carbons (Fsp3) is 0.400. The highest BCUT2D eigenvalue weighted by Crippen LogP contribution is 2.17. The van der Waals surface area contributed by atoms with Gasteiger partial charge in [-0.2, -0.15) is 0 Å². The molecule has 0 saturated heterocycles. The fourth-order valence-electron chi connectivity index (χ4n) is 1.27. The summed E-state index contributed by atoms with van der Waals surface area (Å²) < 4.78 is 0. The number of hydrogen-bond donors (Lipinski definition) is 0. The number of fused-ring (bicyclic) bond motifs is 1. The van der Waals surface area contributed by atoms with Crippen LogP contribution in [0.25, 0.3) is 0 Å². The number of nitrogens with zero attached hydrogens (tertiary/aromatic N) is 2. The van der Waals surface area contributed by atoms with Crippen LogP contribution in [0.15, 0.2) is 18.3 Å². The molecule has 0 atom stereocenters. The Morgan fingerprint density at radius 1 is 1.46 bits per heavy atom. The predicted octanol–water partition coefficient (Wildman–Crippen LogP) is 1.69. The van der Waals surface area contributed by atoms with Crippen molar-refractivity contribution in [3.05, 3.63) is 29.6 Å². The summed E-state index contributed by atoms with van der Waals surface area (Å²) in [5.41, 5.74) is 1.63. The van der Waals surface area contributed by atoms with Gasteiger partial charge < -0.3 is 4.90 Å². The van der Waals surface area contributed by atoms with E-state index >= 15 is 0 Å². The molecule has 0 fully saturated rings. The van der Waals surface area contributed by atoms with Crippen molar-refractivity contribution in [2.45, 2.75) is 20.4 Å². The van der Waals surface area contributed by atoms with Gasteiger partial charge in [-0.05, 0) is 6.07 Å². The minimum Gasteiger partial charge on any atom is -0.336 e.